The van der Waals surface area contributed by atoms with Crippen molar-refractivity contribution in [2.24, 2.45) is 23.0 Å². The Balaban J connectivity index is 2.09. The summed E-state index contributed by atoms with van der Waals surface area (Å²) in [6.45, 7) is 6.22. The summed E-state index contributed by atoms with van der Waals surface area (Å²) in [5.41, 5.74) is 6.00. The largest absolute Gasteiger partial charge is 0.381 e. The SMILES string of the molecule is CCC1(CC)C(OC)CC1N(C)C(=O)C(CN)C1CCOC1. The van der Waals surface area contributed by atoms with E-state index in [-0.39, 0.29) is 35.3 Å². The summed E-state index contributed by atoms with van der Waals surface area (Å²) >= 11 is 0. The number of ether oxygens (including phenoxy) is 2. The highest BCUT2D eigenvalue weighted by atomic mass is 16.5. The summed E-state index contributed by atoms with van der Waals surface area (Å²) in [6, 6.07) is 0.260. The van der Waals surface area contributed by atoms with Crippen molar-refractivity contribution in [2.45, 2.75) is 51.7 Å². The van der Waals surface area contributed by atoms with E-state index < -0.39 is 0 Å². The van der Waals surface area contributed by atoms with Crippen LogP contribution in [-0.4, -0.2) is 56.9 Å². The first-order valence-electron chi connectivity index (χ1n) is 8.62. The second-order valence-corrected chi connectivity index (χ2v) is 6.83. The number of hydrogen-bond acceptors (Lipinski definition) is 4. The number of amides is 1. The van der Waals surface area contributed by atoms with Crippen molar-refractivity contribution >= 4 is 5.91 Å². The van der Waals surface area contributed by atoms with Gasteiger partial charge in [0.1, 0.15) is 0 Å². The van der Waals surface area contributed by atoms with Crippen LogP contribution in [0.2, 0.25) is 0 Å². The molecule has 1 heterocycles. The Hall–Kier alpha value is -0.650. The Bertz CT molecular complexity index is 378. The van der Waals surface area contributed by atoms with Gasteiger partial charge in [-0.1, -0.05) is 13.8 Å². The van der Waals surface area contributed by atoms with Crippen molar-refractivity contribution < 1.29 is 14.3 Å². The fraction of sp³-hybridized carbons (Fsp3) is 0.941. The molecule has 4 unspecified atom stereocenters. The molecule has 0 bridgehead atoms. The van der Waals surface area contributed by atoms with Gasteiger partial charge in [0, 0.05) is 38.8 Å². The van der Waals surface area contributed by atoms with Crippen molar-refractivity contribution in [2.75, 3.05) is 33.9 Å². The summed E-state index contributed by atoms with van der Waals surface area (Å²) in [4.78, 5) is 14.9. The van der Waals surface area contributed by atoms with Crippen LogP contribution < -0.4 is 5.73 Å². The lowest BCUT2D eigenvalue weighted by Gasteiger charge is -2.58. The molecule has 0 aromatic heterocycles. The molecule has 2 aliphatic rings. The number of hydrogen-bond donors (Lipinski definition) is 1. The van der Waals surface area contributed by atoms with Crippen LogP contribution >= 0.6 is 0 Å². The molecule has 4 atom stereocenters. The van der Waals surface area contributed by atoms with Gasteiger partial charge < -0.3 is 20.1 Å². The summed E-state index contributed by atoms with van der Waals surface area (Å²) in [7, 11) is 3.72. The molecule has 2 fully saturated rings. The number of rotatable bonds is 7. The predicted octanol–water partition coefficient (Wildman–Crippen LogP) is 1.65. The Morgan fingerprint density at radius 1 is 1.45 bits per heavy atom. The first kappa shape index (κ1) is 17.7. The lowest BCUT2D eigenvalue weighted by atomic mass is 9.58. The molecule has 0 aromatic carbocycles. The van der Waals surface area contributed by atoms with Gasteiger partial charge in [0.05, 0.1) is 18.6 Å². The molecule has 128 valence electrons. The molecule has 5 nitrogen and oxygen atoms in total. The Morgan fingerprint density at radius 2 is 2.14 bits per heavy atom. The van der Waals surface area contributed by atoms with E-state index in [1.807, 2.05) is 11.9 Å². The number of carbonyl (C=O) groups excluding carboxylic acids is 1. The van der Waals surface area contributed by atoms with Crippen LogP contribution in [0, 0.1) is 17.3 Å². The van der Waals surface area contributed by atoms with E-state index in [1.54, 1.807) is 7.11 Å². The van der Waals surface area contributed by atoms with Crippen molar-refractivity contribution in [1.82, 2.24) is 4.90 Å². The van der Waals surface area contributed by atoms with E-state index in [9.17, 15) is 4.79 Å². The second-order valence-electron chi connectivity index (χ2n) is 6.83. The zero-order valence-corrected chi connectivity index (χ0v) is 14.5. The predicted molar refractivity (Wildman–Crippen MR) is 86.5 cm³/mol. The quantitative estimate of drug-likeness (QED) is 0.776. The smallest absolute Gasteiger partial charge is 0.227 e. The van der Waals surface area contributed by atoms with Gasteiger partial charge in [0.25, 0.3) is 0 Å². The molecular weight excluding hydrogens is 280 g/mol. The number of carbonyl (C=O) groups is 1. The van der Waals surface area contributed by atoms with E-state index in [0.717, 1.165) is 32.3 Å². The Labute approximate surface area is 134 Å². The average molecular weight is 312 g/mol. The number of nitrogens with zero attached hydrogens (tertiary/aromatic N) is 1. The molecule has 1 aliphatic carbocycles. The third-order valence-corrected chi connectivity index (χ3v) is 6.26. The van der Waals surface area contributed by atoms with Crippen LogP contribution in [0.5, 0.6) is 0 Å². The lowest BCUT2D eigenvalue weighted by molar-refractivity contribution is -0.173. The van der Waals surface area contributed by atoms with Gasteiger partial charge >= 0.3 is 0 Å². The summed E-state index contributed by atoms with van der Waals surface area (Å²) in [6.07, 6.45) is 4.20. The molecule has 0 radical (unpaired) electrons. The topological polar surface area (TPSA) is 64.8 Å². The molecular formula is C17H32N2O3. The zero-order valence-electron chi connectivity index (χ0n) is 14.5. The Kier molecular flexibility index (Phi) is 5.86. The summed E-state index contributed by atoms with van der Waals surface area (Å²) < 4.78 is 11.1. The van der Waals surface area contributed by atoms with Crippen LogP contribution in [0.1, 0.15) is 39.5 Å². The molecule has 2 rings (SSSR count). The van der Waals surface area contributed by atoms with Gasteiger partial charge in [-0.2, -0.15) is 0 Å². The van der Waals surface area contributed by atoms with E-state index in [1.165, 1.54) is 0 Å². The van der Waals surface area contributed by atoms with Crippen molar-refractivity contribution in [1.29, 1.82) is 0 Å². The maximum atomic E-state index is 13.0. The highest BCUT2D eigenvalue weighted by Crippen LogP contribution is 2.51. The van der Waals surface area contributed by atoms with Gasteiger partial charge in [-0.05, 0) is 31.6 Å². The minimum absolute atomic E-state index is 0.0878. The van der Waals surface area contributed by atoms with E-state index >= 15 is 0 Å². The lowest BCUT2D eigenvalue weighted by Crippen LogP contribution is -2.65. The molecule has 0 spiro atoms. The molecule has 2 N–H and O–H groups in total. The van der Waals surface area contributed by atoms with Crippen LogP contribution in [0.3, 0.4) is 0 Å². The standard InChI is InChI=1S/C17H32N2O3/c1-5-17(6-2)14(9-15(17)21-4)19(3)16(20)13(10-18)12-7-8-22-11-12/h12-15H,5-11,18H2,1-4H3. The maximum absolute atomic E-state index is 13.0. The van der Waals surface area contributed by atoms with Gasteiger partial charge in [-0.15, -0.1) is 0 Å². The fourth-order valence-electron chi connectivity index (χ4n) is 4.56. The molecule has 0 aromatic rings. The van der Waals surface area contributed by atoms with Gasteiger partial charge in [-0.3, -0.25) is 4.79 Å². The first-order chi connectivity index (χ1) is 10.6. The minimum atomic E-state index is -0.111. The van der Waals surface area contributed by atoms with Crippen LogP contribution in [0.4, 0.5) is 0 Å². The molecule has 22 heavy (non-hydrogen) atoms. The van der Waals surface area contributed by atoms with E-state index in [2.05, 4.69) is 13.8 Å². The van der Waals surface area contributed by atoms with Crippen molar-refractivity contribution in [3.63, 3.8) is 0 Å². The second kappa shape index (κ2) is 7.28. The molecule has 5 heteroatoms. The number of methoxy groups -OCH3 is 1. The number of nitrogens with two attached hydrogens (primary N) is 1. The zero-order chi connectivity index (χ0) is 16.3. The van der Waals surface area contributed by atoms with Crippen LogP contribution in [0.25, 0.3) is 0 Å². The molecule has 1 amide bonds. The fourth-order valence-corrected chi connectivity index (χ4v) is 4.56. The Morgan fingerprint density at radius 3 is 2.59 bits per heavy atom. The monoisotopic (exact) mass is 312 g/mol. The average Bonchev–Trinajstić information content (AvgIpc) is 3.03. The van der Waals surface area contributed by atoms with Crippen LogP contribution in [0.15, 0.2) is 0 Å². The van der Waals surface area contributed by atoms with Gasteiger partial charge in [0.15, 0.2) is 0 Å². The highest BCUT2D eigenvalue weighted by Gasteiger charge is 2.56. The van der Waals surface area contributed by atoms with Crippen molar-refractivity contribution in [3.05, 3.63) is 0 Å². The highest BCUT2D eigenvalue weighted by molar-refractivity contribution is 5.79. The first-order valence-corrected chi connectivity index (χ1v) is 8.62. The minimum Gasteiger partial charge on any atom is -0.381 e. The summed E-state index contributed by atoms with van der Waals surface area (Å²) in [5, 5.41) is 0. The maximum Gasteiger partial charge on any atom is 0.227 e. The molecule has 1 saturated heterocycles. The van der Waals surface area contributed by atoms with Gasteiger partial charge in [0.2, 0.25) is 5.91 Å². The van der Waals surface area contributed by atoms with Crippen LogP contribution in [-0.2, 0) is 14.3 Å². The van der Waals surface area contributed by atoms with Gasteiger partial charge in [-0.25, -0.2) is 0 Å². The third kappa shape index (κ3) is 2.79. The normalized spacial score (nSPS) is 31.6. The molecule has 1 saturated carbocycles. The third-order valence-electron chi connectivity index (χ3n) is 6.26. The molecule has 1 aliphatic heterocycles. The van der Waals surface area contributed by atoms with Crippen molar-refractivity contribution in [3.8, 4) is 0 Å². The van der Waals surface area contributed by atoms with E-state index in [4.69, 9.17) is 15.2 Å². The van der Waals surface area contributed by atoms with E-state index in [0.29, 0.717) is 13.2 Å². The summed E-state index contributed by atoms with van der Waals surface area (Å²) in [5.74, 6) is 0.347.